The Bertz CT molecular complexity index is 618. The minimum Gasteiger partial charge on any atom is -0.357 e. The molecule has 5 nitrogen and oxygen atoms in total. The molecule has 2 rings (SSSR count). The van der Waals surface area contributed by atoms with E-state index in [9.17, 15) is 8.42 Å². The molecule has 0 bridgehead atoms. The van der Waals surface area contributed by atoms with Gasteiger partial charge in [0.15, 0.2) is 8.68 Å². The van der Waals surface area contributed by atoms with Crippen molar-refractivity contribution in [3.05, 3.63) is 34.7 Å². The summed E-state index contributed by atoms with van der Waals surface area (Å²) in [5, 5.41) is 0. The predicted molar refractivity (Wildman–Crippen MR) is 66.6 cm³/mol. The molecule has 0 aliphatic carbocycles. The van der Waals surface area contributed by atoms with Crippen LogP contribution < -0.4 is 4.72 Å². The first-order valence-electron chi connectivity index (χ1n) is 4.69. The summed E-state index contributed by atoms with van der Waals surface area (Å²) in [6, 6.07) is 1.85. The maximum Gasteiger partial charge on any atom is 0.252 e. The van der Waals surface area contributed by atoms with Gasteiger partial charge in [-0.05, 0) is 11.6 Å². The zero-order chi connectivity index (χ0) is 12.5. The van der Waals surface area contributed by atoms with E-state index in [4.69, 9.17) is 11.6 Å². The topological polar surface area (TPSA) is 64.0 Å². The first-order valence-corrected chi connectivity index (χ1v) is 7.37. The summed E-state index contributed by atoms with van der Waals surface area (Å²) in [5.41, 5.74) is 0.895. The Morgan fingerprint density at radius 3 is 2.88 bits per heavy atom. The lowest BCUT2D eigenvalue weighted by molar-refractivity contribution is 0.583. The van der Waals surface area contributed by atoms with E-state index in [1.807, 2.05) is 30.1 Å². The third-order valence-corrected chi connectivity index (χ3v) is 5.06. The minimum absolute atomic E-state index is 0.124. The molecular formula is C9H10ClN3O2S2. The predicted octanol–water partition coefficient (Wildman–Crippen LogP) is 1.61. The quantitative estimate of drug-likeness (QED) is 0.931. The van der Waals surface area contributed by atoms with Crippen LogP contribution in [0.25, 0.3) is 0 Å². The van der Waals surface area contributed by atoms with Gasteiger partial charge in [-0.3, -0.25) is 0 Å². The van der Waals surface area contributed by atoms with Crippen molar-refractivity contribution in [2.24, 2.45) is 7.05 Å². The molecule has 0 saturated heterocycles. The van der Waals surface area contributed by atoms with Gasteiger partial charge < -0.3 is 4.57 Å². The van der Waals surface area contributed by atoms with Gasteiger partial charge in [-0.1, -0.05) is 22.9 Å². The van der Waals surface area contributed by atoms with Gasteiger partial charge in [-0.15, -0.1) is 0 Å². The fourth-order valence-electron chi connectivity index (χ4n) is 1.28. The van der Waals surface area contributed by atoms with Crippen LogP contribution in [0.1, 0.15) is 5.56 Å². The highest BCUT2D eigenvalue weighted by Crippen LogP contribution is 2.22. The third kappa shape index (κ3) is 3.06. The molecule has 0 spiro atoms. The normalized spacial score (nSPS) is 11.9. The molecular weight excluding hydrogens is 282 g/mol. The first-order chi connectivity index (χ1) is 7.97. The number of nitrogens with zero attached hydrogens (tertiary/aromatic N) is 2. The summed E-state index contributed by atoms with van der Waals surface area (Å²) in [5.74, 6) is 0. The van der Waals surface area contributed by atoms with E-state index in [1.165, 1.54) is 6.20 Å². The van der Waals surface area contributed by atoms with Crippen LogP contribution in [0.5, 0.6) is 0 Å². The number of aryl methyl sites for hydroxylation is 1. The van der Waals surface area contributed by atoms with Crippen molar-refractivity contribution >= 4 is 33.0 Å². The van der Waals surface area contributed by atoms with Gasteiger partial charge in [0.1, 0.15) is 0 Å². The van der Waals surface area contributed by atoms with Gasteiger partial charge in [-0.2, -0.15) is 0 Å². The van der Waals surface area contributed by atoms with Crippen LogP contribution in [0.4, 0.5) is 0 Å². The number of rotatable bonds is 4. The molecule has 0 atom stereocenters. The SMILES string of the molecule is Cn1ccc(CNS(=O)(=O)c2cnc(Cl)s2)c1. The van der Waals surface area contributed by atoms with E-state index in [2.05, 4.69) is 9.71 Å². The molecule has 2 aromatic heterocycles. The van der Waals surface area contributed by atoms with Crippen molar-refractivity contribution in [1.82, 2.24) is 14.3 Å². The Morgan fingerprint density at radius 1 is 1.59 bits per heavy atom. The minimum atomic E-state index is -3.52. The van der Waals surface area contributed by atoms with Crippen LogP contribution in [0.15, 0.2) is 28.9 Å². The maximum absolute atomic E-state index is 11.8. The van der Waals surface area contributed by atoms with Crippen molar-refractivity contribution < 1.29 is 8.42 Å². The Hall–Kier alpha value is -0.890. The first kappa shape index (κ1) is 12.6. The molecule has 2 heterocycles. The number of nitrogens with one attached hydrogen (secondary N) is 1. The van der Waals surface area contributed by atoms with Gasteiger partial charge in [0.05, 0.1) is 6.20 Å². The van der Waals surface area contributed by atoms with Crippen molar-refractivity contribution in [1.29, 1.82) is 0 Å². The summed E-state index contributed by atoms with van der Waals surface area (Å²) < 4.78 is 28.3. The molecule has 0 aliphatic heterocycles. The zero-order valence-electron chi connectivity index (χ0n) is 8.92. The Kier molecular flexibility index (Phi) is 3.53. The summed E-state index contributed by atoms with van der Waals surface area (Å²) >= 11 is 6.53. The van der Waals surface area contributed by atoms with Gasteiger partial charge in [-0.25, -0.2) is 18.1 Å². The number of aromatic nitrogens is 2. The van der Waals surface area contributed by atoms with Crippen molar-refractivity contribution in [3.8, 4) is 0 Å². The lowest BCUT2D eigenvalue weighted by Crippen LogP contribution is -2.22. The number of hydrogen-bond donors (Lipinski definition) is 1. The summed E-state index contributed by atoms with van der Waals surface area (Å²) in [4.78, 5) is 3.70. The smallest absolute Gasteiger partial charge is 0.252 e. The molecule has 0 unspecified atom stereocenters. The lowest BCUT2D eigenvalue weighted by Gasteiger charge is -2.02. The van der Waals surface area contributed by atoms with Gasteiger partial charge in [0.2, 0.25) is 0 Å². The molecule has 0 amide bonds. The van der Waals surface area contributed by atoms with E-state index in [1.54, 1.807) is 0 Å². The molecule has 17 heavy (non-hydrogen) atoms. The number of sulfonamides is 1. The van der Waals surface area contributed by atoms with Crippen molar-refractivity contribution in [2.45, 2.75) is 10.8 Å². The van der Waals surface area contributed by atoms with E-state index in [-0.39, 0.29) is 15.2 Å². The second kappa shape index (κ2) is 4.77. The van der Waals surface area contributed by atoms with E-state index in [0.717, 1.165) is 16.9 Å². The Balaban J connectivity index is 2.08. The lowest BCUT2D eigenvalue weighted by atomic mass is 10.4. The standard InChI is InChI=1S/C9H10ClN3O2S2/c1-13-3-2-7(6-13)4-12-17(14,15)8-5-11-9(10)16-8/h2-3,5-6,12H,4H2,1H3. The molecule has 1 N–H and O–H groups in total. The van der Waals surface area contributed by atoms with Crippen LogP contribution in [-0.2, 0) is 23.6 Å². The van der Waals surface area contributed by atoms with Gasteiger partial charge in [0, 0.05) is 26.0 Å². The van der Waals surface area contributed by atoms with Gasteiger partial charge >= 0.3 is 0 Å². The third-order valence-electron chi connectivity index (χ3n) is 2.08. The Morgan fingerprint density at radius 2 is 2.35 bits per heavy atom. The van der Waals surface area contributed by atoms with Crippen LogP contribution in [0.3, 0.4) is 0 Å². The second-order valence-corrected chi connectivity index (χ2v) is 7.05. The molecule has 0 saturated carbocycles. The molecule has 2 aromatic rings. The second-order valence-electron chi connectivity index (χ2n) is 3.44. The summed E-state index contributed by atoms with van der Waals surface area (Å²) in [7, 11) is -1.64. The van der Waals surface area contributed by atoms with Crippen molar-refractivity contribution in [2.75, 3.05) is 0 Å². The van der Waals surface area contributed by atoms with E-state index < -0.39 is 10.0 Å². The molecule has 8 heteroatoms. The largest absolute Gasteiger partial charge is 0.357 e. The highest BCUT2D eigenvalue weighted by molar-refractivity contribution is 7.91. The molecule has 0 fully saturated rings. The average Bonchev–Trinajstić information content (AvgIpc) is 2.85. The molecule has 0 aliphatic rings. The van der Waals surface area contributed by atoms with E-state index >= 15 is 0 Å². The van der Waals surface area contributed by atoms with Crippen LogP contribution >= 0.6 is 22.9 Å². The van der Waals surface area contributed by atoms with Crippen LogP contribution in [-0.4, -0.2) is 18.0 Å². The van der Waals surface area contributed by atoms with E-state index in [0.29, 0.717) is 0 Å². The monoisotopic (exact) mass is 291 g/mol. The highest BCUT2D eigenvalue weighted by atomic mass is 35.5. The number of halogens is 1. The van der Waals surface area contributed by atoms with Crippen molar-refractivity contribution in [3.63, 3.8) is 0 Å². The molecule has 0 aromatic carbocycles. The zero-order valence-corrected chi connectivity index (χ0v) is 11.3. The summed E-state index contributed by atoms with van der Waals surface area (Å²) in [6.45, 7) is 0.249. The number of hydrogen-bond acceptors (Lipinski definition) is 4. The number of thiazole rings is 1. The molecule has 0 radical (unpaired) electrons. The maximum atomic E-state index is 11.8. The summed E-state index contributed by atoms with van der Waals surface area (Å²) in [6.07, 6.45) is 4.95. The fourth-order valence-corrected chi connectivity index (χ4v) is 3.63. The average molecular weight is 292 g/mol. The highest BCUT2D eigenvalue weighted by Gasteiger charge is 2.17. The molecule has 92 valence electrons. The Labute approximate surface area is 108 Å². The fraction of sp³-hybridized carbons (Fsp3) is 0.222. The van der Waals surface area contributed by atoms with Gasteiger partial charge in [0.25, 0.3) is 10.0 Å². The van der Waals surface area contributed by atoms with Crippen LogP contribution in [0, 0.1) is 0 Å². The van der Waals surface area contributed by atoms with Crippen LogP contribution in [0.2, 0.25) is 4.47 Å².